The molecule has 1 aromatic carbocycles. The van der Waals surface area contributed by atoms with Crippen molar-refractivity contribution in [3.05, 3.63) is 53.6 Å². The topological polar surface area (TPSA) is 66.4 Å². The molecule has 29 heavy (non-hydrogen) atoms. The van der Waals surface area contributed by atoms with Crippen LogP contribution in [0.3, 0.4) is 0 Å². The number of hydrogen-bond donors (Lipinski definition) is 2. The van der Waals surface area contributed by atoms with Gasteiger partial charge in [0.15, 0.2) is 11.2 Å². The lowest BCUT2D eigenvalue weighted by atomic mass is 9.71. The van der Waals surface area contributed by atoms with Crippen molar-refractivity contribution in [3.63, 3.8) is 0 Å². The Morgan fingerprint density at radius 2 is 1.52 bits per heavy atom. The number of carbonyl (C=O) groups excluding carboxylic acids is 2. The van der Waals surface area contributed by atoms with Crippen LogP contribution in [0, 0.1) is 11.3 Å². The molecule has 0 bridgehead atoms. The fraction of sp³-hybridized carbons (Fsp3) is 0.368. The van der Waals surface area contributed by atoms with E-state index in [1.165, 1.54) is 26.0 Å². The standard InChI is InChI=1S/C19H17F6NO3/c1-10(2)15(28)17(6-4-3-5-14(17)27)16(29)26-13-8-11(18(20,21)22)7-12(9-13)19(23,24)25/h3-10,14,27H,1-2H3,(H,26,29). The Balaban J connectivity index is 2.53. The van der Waals surface area contributed by atoms with E-state index in [9.17, 15) is 41.0 Å². The summed E-state index contributed by atoms with van der Waals surface area (Å²) < 4.78 is 78.0. The van der Waals surface area contributed by atoms with Gasteiger partial charge >= 0.3 is 12.4 Å². The molecule has 0 aliphatic heterocycles. The smallest absolute Gasteiger partial charge is 0.387 e. The summed E-state index contributed by atoms with van der Waals surface area (Å²) in [5, 5.41) is 12.2. The molecule has 2 atom stereocenters. The zero-order valence-corrected chi connectivity index (χ0v) is 15.2. The lowest BCUT2D eigenvalue weighted by molar-refractivity contribution is -0.145. The molecule has 1 aliphatic rings. The number of alkyl halides is 6. The third-order valence-electron chi connectivity index (χ3n) is 4.38. The molecule has 2 rings (SSSR count). The summed E-state index contributed by atoms with van der Waals surface area (Å²) in [6.07, 6.45) is -6.98. The van der Waals surface area contributed by atoms with Crippen molar-refractivity contribution >= 4 is 17.4 Å². The predicted molar refractivity (Wildman–Crippen MR) is 91.6 cm³/mol. The summed E-state index contributed by atoms with van der Waals surface area (Å²) in [5.41, 5.74) is -6.23. The minimum atomic E-state index is -5.10. The van der Waals surface area contributed by atoms with E-state index in [0.29, 0.717) is 12.1 Å². The highest BCUT2D eigenvalue weighted by atomic mass is 19.4. The number of aliphatic hydroxyl groups is 1. The van der Waals surface area contributed by atoms with Crippen LogP contribution in [0.25, 0.3) is 0 Å². The van der Waals surface area contributed by atoms with Gasteiger partial charge in [-0.1, -0.05) is 38.2 Å². The Kier molecular flexibility index (Phi) is 5.99. The van der Waals surface area contributed by atoms with Gasteiger partial charge in [0.25, 0.3) is 0 Å². The minimum Gasteiger partial charge on any atom is -0.387 e. The van der Waals surface area contributed by atoms with Gasteiger partial charge in [0, 0.05) is 11.6 Å². The first-order chi connectivity index (χ1) is 13.2. The van der Waals surface area contributed by atoms with E-state index >= 15 is 0 Å². The van der Waals surface area contributed by atoms with Gasteiger partial charge in [-0.2, -0.15) is 26.3 Å². The van der Waals surface area contributed by atoms with Crippen LogP contribution < -0.4 is 5.32 Å². The zero-order chi connectivity index (χ0) is 22.2. The SMILES string of the molecule is CC(C)C(=O)C1(C(=O)Nc2cc(C(F)(F)F)cc(C(F)(F)F)c2)C=CC=CC1O. The average Bonchev–Trinajstić information content (AvgIpc) is 2.59. The monoisotopic (exact) mass is 421 g/mol. The van der Waals surface area contributed by atoms with Crippen LogP contribution in [0.1, 0.15) is 25.0 Å². The molecule has 0 aromatic heterocycles. The van der Waals surface area contributed by atoms with Crippen LogP contribution in [-0.4, -0.2) is 22.9 Å². The maximum Gasteiger partial charge on any atom is 0.416 e. The highest BCUT2D eigenvalue weighted by molar-refractivity contribution is 6.14. The van der Waals surface area contributed by atoms with Crippen LogP contribution >= 0.6 is 0 Å². The van der Waals surface area contributed by atoms with Crippen LogP contribution in [0.4, 0.5) is 32.0 Å². The summed E-state index contributed by atoms with van der Waals surface area (Å²) in [7, 11) is 0. The molecule has 2 N–H and O–H groups in total. The van der Waals surface area contributed by atoms with Crippen LogP contribution in [-0.2, 0) is 21.9 Å². The van der Waals surface area contributed by atoms with Crippen molar-refractivity contribution < 1.29 is 41.0 Å². The normalized spacial score (nSPS) is 22.1. The first kappa shape index (κ1) is 22.7. The Morgan fingerprint density at radius 3 is 1.93 bits per heavy atom. The molecule has 0 heterocycles. The van der Waals surface area contributed by atoms with Crippen LogP contribution in [0.5, 0.6) is 0 Å². The molecule has 158 valence electrons. The van der Waals surface area contributed by atoms with E-state index in [1.807, 2.05) is 5.32 Å². The van der Waals surface area contributed by atoms with Crippen molar-refractivity contribution in [1.29, 1.82) is 0 Å². The van der Waals surface area contributed by atoms with Crippen molar-refractivity contribution in [2.24, 2.45) is 11.3 Å². The molecular weight excluding hydrogens is 404 g/mol. The number of nitrogens with one attached hydrogen (secondary N) is 1. The second kappa shape index (κ2) is 7.66. The van der Waals surface area contributed by atoms with Gasteiger partial charge in [-0.05, 0) is 18.2 Å². The Bertz CT molecular complexity index is 837. The van der Waals surface area contributed by atoms with Crippen molar-refractivity contribution in [2.45, 2.75) is 32.3 Å². The van der Waals surface area contributed by atoms with E-state index in [0.717, 1.165) is 12.2 Å². The second-order valence-corrected chi connectivity index (χ2v) is 6.83. The first-order valence-corrected chi connectivity index (χ1v) is 8.39. The summed E-state index contributed by atoms with van der Waals surface area (Å²) in [6.45, 7) is 2.89. The Labute approximate surface area is 161 Å². The summed E-state index contributed by atoms with van der Waals surface area (Å²) >= 11 is 0. The van der Waals surface area contributed by atoms with Crippen molar-refractivity contribution in [2.75, 3.05) is 5.32 Å². The average molecular weight is 421 g/mol. The number of ketones is 1. The molecule has 1 aliphatic carbocycles. The molecule has 1 amide bonds. The lowest BCUT2D eigenvalue weighted by Crippen LogP contribution is -2.52. The molecule has 0 radical (unpaired) electrons. The third kappa shape index (κ3) is 4.52. The lowest BCUT2D eigenvalue weighted by Gasteiger charge is -2.34. The Morgan fingerprint density at radius 1 is 1.00 bits per heavy atom. The van der Waals surface area contributed by atoms with E-state index < -0.39 is 58.3 Å². The number of allylic oxidation sites excluding steroid dienone is 2. The van der Waals surface area contributed by atoms with Gasteiger partial charge in [-0.25, -0.2) is 0 Å². The molecule has 1 aromatic rings. The highest BCUT2D eigenvalue weighted by Crippen LogP contribution is 2.39. The fourth-order valence-electron chi connectivity index (χ4n) is 2.92. The van der Waals surface area contributed by atoms with Gasteiger partial charge in [0.1, 0.15) is 0 Å². The van der Waals surface area contributed by atoms with Gasteiger partial charge in [0.05, 0.1) is 17.2 Å². The largest absolute Gasteiger partial charge is 0.416 e. The van der Waals surface area contributed by atoms with Gasteiger partial charge in [0.2, 0.25) is 5.91 Å². The van der Waals surface area contributed by atoms with Gasteiger partial charge in [-0.15, -0.1) is 0 Å². The number of carbonyl (C=O) groups is 2. The highest BCUT2D eigenvalue weighted by Gasteiger charge is 2.50. The zero-order valence-electron chi connectivity index (χ0n) is 15.2. The minimum absolute atomic E-state index is 0.0806. The molecular formula is C19H17F6NO3. The number of Topliss-reactive ketones (excluding diaryl/α,β-unsaturated/α-hetero) is 1. The number of rotatable bonds is 4. The predicted octanol–water partition coefficient (Wildman–Crippen LogP) is 4.36. The van der Waals surface area contributed by atoms with Gasteiger partial charge in [-0.3, -0.25) is 9.59 Å². The molecule has 4 nitrogen and oxygen atoms in total. The summed E-state index contributed by atoms with van der Waals surface area (Å²) in [6, 6.07) is 0.577. The maximum atomic E-state index is 13.0. The molecule has 0 fully saturated rings. The van der Waals surface area contributed by atoms with Crippen LogP contribution in [0.2, 0.25) is 0 Å². The number of amides is 1. The molecule has 10 heteroatoms. The van der Waals surface area contributed by atoms with Gasteiger partial charge < -0.3 is 10.4 Å². The van der Waals surface area contributed by atoms with E-state index in [2.05, 4.69) is 0 Å². The number of hydrogen-bond acceptors (Lipinski definition) is 3. The quantitative estimate of drug-likeness (QED) is 0.561. The van der Waals surface area contributed by atoms with Crippen molar-refractivity contribution in [3.8, 4) is 0 Å². The third-order valence-corrected chi connectivity index (χ3v) is 4.38. The molecule has 2 unspecified atom stereocenters. The van der Waals surface area contributed by atoms with Crippen LogP contribution in [0.15, 0.2) is 42.5 Å². The molecule has 0 saturated heterocycles. The summed E-state index contributed by atoms with van der Waals surface area (Å²) in [4.78, 5) is 25.5. The van der Waals surface area contributed by atoms with E-state index in [-0.39, 0.29) is 6.07 Å². The maximum absolute atomic E-state index is 13.0. The van der Waals surface area contributed by atoms with E-state index in [1.54, 1.807) is 0 Å². The van der Waals surface area contributed by atoms with E-state index in [4.69, 9.17) is 0 Å². The van der Waals surface area contributed by atoms with Crippen molar-refractivity contribution in [1.82, 2.24) is 0 Å². The number of benzene rings is 1. The fourth-order valence-corrected chi connectivity index (χ4v) is 2.92. The number of anilines is 1. The second-order valence-electron chi connectivity index (χ2n) is 6.83. The number of aliphatic hydroxyl groups excluding tert-OH is 1. The molecule has 0 spiro atoms. The first-order valence-electron chi connectivity index (χ1n) is 8.39. The number of halogens is 6. The summed E-state index contributed by atoms with van der Waals surface area (Å²) in [5.74, 6) is -2.73. The Hall–Kier alpha value is -2.62. The molecule has 0 saturated carbocycles.